The summed E-state index contributed by atoms with van der Waals surface area (Å²) in [6.45, 7) is 2.53. The van der Waals surface area contributed by atoms with Crippen LogP contribution in [-0.4, -0.2) is 38.6 Å². The predicted octanol–water partition coefficient (Wildman–Crippen LogP) is 6.79. The number of rotatable bonds is 9. The number of carbonyl (C=O) groups excluding carboxylic acids is 2. The molecule has 1 saturated heterocycles. The number of thioether (sulfide) groups is 1. The van der Waals surface area contributed by atoms with E-state index in [9.17, 15) is 14.7 Å². The number of carbonyl (C=O) groups is 2. The Morgan fingerprint density at radius 3 is 2.62 bits per heavy atom. The second kappa shape index (κ2) is 12.1. The molecule has 1 aliphatic rings. The largest absolute Gasteiger partial charge is 0.507 e. The molecule has 0 saturated carbocycles. The number of Topliss-reactive ketones (excluding diaryl/α,β-unsaturated/α-hetero) is 1. The van der Waals surface area contributed by atoms with Crippen molar-refractivity contribution in [1.29, 1.82) is 0 Å². The number of anilines is 1. The van der Waals surface area contributed by atoms with Gasteiger partial charge in [0.05, 0.1) is 18.2 Å². The number of hydrogen-bond donors (Lipinski definition) is 1. The highest BCUT2D eigenvalue weighted by atomic mass is 32.2. The molecule has 0 radical (unpaired) electrons. The van der Waals surface area contributed by atoms with E-state index in [1.165, 1.54) is 45.8 Å². The molecule has 6 rings (SSSR count). The quantitative estimate of drug-likeness (QED) is 0.0654. The van der Waals surface area contributed by atoms with Gasteiger partial charge in [-0.3, -0.25) is 19.5 Å². The van der Waals surface area contributed by atoms with Crippen molar-refractivity contribution in [3.05, 3.63) is 114 Å². The SMILES string of the molecule is CCCOc1cccc(C2C(=C(O)c3ccncc3)C(=O)C(=O)N2c2nnc(SCc3cccc4ccccc34)s2)c1. The van der Waals surface area contributed by atoms with Gasteiger partial charge in [-0.2, -0.15) is 0 Å². The molecule has 210 valence electrons. The van der Waals surface area contributed by atoms with E-state index in [0.29, 0.717) is 33.6 Å². The molecule has 1 aliphatic heterocycles. The van der Waals surface area contributed by atoms with Crippen molar-refractivity contribution in [1.82, 2.24) is 15.2 Å². The number of aliphatic hydroxyl groups excluding tert-OH is 1. The maximum Gasteiger partial charge on any atom is 0.301 e. The average molecular weight is 595 g/mol. The summed E-state index contributed by atoms with van der Waals surface area (Å²) in [5.74, 6) is -0.589. The maximum atomic E-state index is 13.5. The third-order valence-electron chi connectivity index (χ3n) is 6.88. The molecule has 3 heterocycles. The molecular weight excluding hydrogens is 569 g/mol. The van der Waals surface area contributed by atoms with Gasteiger partial charge in [-0.15, -0.1) is 10.2 Å². The second-order valence-corrected chi connectivity index (χ2v) is 11.8. The van der Waals surface area contributed by atoms with E-state index in [0.717, 1.165) is 17.4 Å². The van der Waals surface area contributed by atoms with Crippen molar-refractivity contribution in [2.75, 3.05) is 11.5 Å². The number of amides is 1. The molecule has 1 atom stereocenters. The number of hydrogen-bond acceptors (Lipinski definition) is 9. The summed E-state index contributed by atoms with van der Waals surface area (Å²) >= 11 is 2.75. The topological polar surface area (TPSA) is 106 Å². The van der Waals surface area contributed by atoms with Gasteiger partial charge in [0, 0.05) is 23.7 Å². The Morgan fingerprint density at radius 1 is 1.00 bits per heavy atom. The summed E-state index contributed by atoms with van der Waals surface area (Å²) in [5.41, 5.74) is 2.13. The van der Waals surface area contributed by atoms with Crippen molar-refractivity contribution in [2.24, 2.45) is 0 Å². The summed E-state index contributed by atoms with van der Waals surface area (Å²) in [6, 6.07) is 23.9. The molecule has 1 unspecified atom stereocenters. The smallest absolute Gasteiger partial charge is 0.301 e. The number of nitrogens with zero attached hydrogens (tertiary/aromatic N) is 4. The van der Waals surface area contributed by atoms with Gasteiger partial charge in [-0.05, 0) is 52.6 Å². The molecule has 2 aromatic heterocycles. The van der Waals surface area contributed by atoms with Crippen LogP contribution in [0.1, 0.15) is 36.1 Å². The summed E-state index contributed by atoms with van der Waals surface area (Å²) < 4.78 is 6.50. The van der Waals surface area contributed by atoms with Gasteiger partial charge in [0.1, 0.15) is 11.5 Å². The third-order valence-corrected chi connectivity index (χ3v) is 8.98. The van der Waals surface area contributed by atoms with Crippen molar-refractivity contribution < 1.29 is 19.4 Å². The fraction of sp³-hybridized carbons (Fsp3) is 0.156. The summed E-state index contributed by atoms with van der Waals surface area (Å²) in [7, 11) is 0. The van der Waals surface area contributed by atoms with E-state index in [4.69, 9.17) is 4.74 Å². The number of aliphatic hydroxyl groups is 1. The summed E-state index contributed by atoms with van der Waals surface area (Å²) in [5, 5.41) is 22.6. The van der Waals surface area contributed by atoms with Gasteiger partial charge in [-0.1, -0.05) is 84.6 Å². The zero-order valence-electron chi connectivity index (χ0n) is 22.6. The molecule has 0 aliphatic carbocycles. The van der Waals surface area contributed by atoms with Crippen LogP contribution < -0.4 is 9.64 Å². The Kier molecular flexibility index (Phi) is 7.98. The minimum absolute atomic E-state index is 0.0287. The number of pyridine rings is 1. The lowest BCUT2D eigenvalue weighted by molar-refractivity contribution is -0.132. The third kappa shape index (κ3) is 5.38. The zero-order chi connectivity index (χ0) is 29.1. The van der Waals surface area contributed by atoms with Crippen LogP contribution in [0, 0.1) is 0 Å². The molecule has 1 fully saturated rings. The van der Waals surface area contributed by atoms with Crippen LogP contribution in [0.3, 0.4) is 0 Å². The van der Waals surface area contributed by atoms with Crippen LogP contribution in [0.2, 0.25) is 0 Å². The van der Waals surface area contributed by atoms with Crippen molar-refractivity contribution in [3.63, 3.8) is 0 Å². The zero-order valence-corrected chi connectivity index (χ0v) is 24.3. The van der Waals surface area contributed by atoms with Crippen LogP contribution in [0.5, 0.6) is 5.75 Å². The highest BCUT2D eigenvalue weighted by Gasteiger charge is 2.48. The van der Waals surface area contributed by atoms with Gasteiger partial charge >= 0.3 is 5.91 Å². The van der Waals surface area contributed by atoms with E-state index >= 15 is 0 Å². The van der Waals surface area contributed by atoms with Crippen LogP contribution >= 0.6 is 23.1 Å². The highest BCUT2D eigenvalue weighted by molar-refractivity contribution is 8.00. The minimum atomic E-state index is -0.924. The molecule has 1 N–H and O–H groups in total. The van der Waals surface area contributed by atoms with Crippen LogP contribution in [0.4, 0.5) is 5.13 Å². The standard InChI is InChI=1S/C32H26N4O4S2/c1-2-17-40-24-11-6-9-22(18-24)27-26(28(37)21-13-15-33-16-14-21)29(38)30(39)36(27)31-34-35-32(42-31)41-19-23-10-5-8-20-7-3-4-12-25(20)23/h3-16,18,27,37H,2,17,19H2,1H3. The van der Waals surface area contributed by atoms with E-state index in [-0.39, 0.29) is 16.5 Å². The fourth-order valence-electron chi connectivity index (χ4n) is 4.92. The van der Waals surface area contributed by atoms with Crippen molar-refractivity contribution in [2.45, 2.75) is 29.5 Å². The van der Waals surface area contributed by atoms with Gasteiger partial charge in [0.15, 0.2) is 4.34 Å². The lowest BCUT2D eigenvalue weighted by Crippen LogP contribution is -2.29. The first kappa shape index (κ1) is 27.6. The monoisotopic (exact) mass is 594 g/mol. The van der Waals surface area contributed by atoms with Crippen molar-refractivity contribution in [3.8, 4) is 5.75 Å². The maximum absolute atomic E-state index is 13.5. The molecular formula is C32H26N4O4S2. The van der Waals surface area contributed by atoms with E-state index in [1.807, 2.05) is 31.2 Å². The normalized spacial score (nSPS) is 16.3. The molecule has 0 spiro atoms. The predicted molar refractivity (Wildman–Crippen MR) is 165 cm³/mol. The fourth-order valence-corrected chi connectivity index (χ4v) is 6.79. The molecule has 3 aromatic carbocycles. The Bertz CT molecular complexity index is 1800. The van der Waals surface area contributed by atoms with E-state index in [2.05, 4.69) is 39.4 Å². The summed E-state index contributed by atoms with van der Waals surface area (Å²) in [6.07, 6.45) is 3.86. The van der Waals surface area contributed by atoms with Crippen LogP contribution in [-0.2, 0) is 15.3 Å². The number of ketones is 1. The van der Waals surface area contributed by atoms with Gasteiger partial charge < -0.3 is 9.84 Å². The van der Waals surface area contributed by atoms with E-state index in [1.54, 1.807) is 30.3 Å². The number of benzene rings is 3. The lowest BCUT2D eigenvalue weighted by Gasteiger charge is -2.23. The first-order valence-electron chi connectivity index (χ1n) is 13.4. The first-order valence-corrected chi connectivity index (χ1v) is 15.2. The number of ether oxygens (including phenoxy) is 1. The molecule has 0 bridgehead atoms. The van der Waals surface area contributed by atoms with Crippen molar-refractivity contribution >= 4 is 56.5 Å². The number of fused-ring (bicyclic) bond motifs is 1. The van der Waals surface area contributed by atoms with Crippen LogP contribution in [0.15, 0.2) is 101 Å². The average Bonchev–Trinajstić information content (AvgIpc) is 3.60. The Labute approximate surface area is 250 Å². The highest BCUT2D eigenvalue weighted by Crippen LogP contribution is 2.44. The van der Waals surface area contributed by atoms with Crippen LogP contribution in [0.25, 0.3) is 16.5 Å². The first-order chi connectivity index (χ1) is 20.5. The number of aromatic nitrogens is 3. The van der Waals surface area contributed by atoms with E-state index < -0.39 is 17.7 Å². The Morgan fingerprint density at radius 2 is 1.79 bits per heavy atom. The molecule has 42 heavy (non-hydrogen) atoms. The summed E-state index contributed by atoms with van der Waals surface area (Å²) in [4.78, 5) is 32.4. The molecule has 1 amide bonds. The second-order valence-electron chi connectivity index (χ2n) is 9.60. The lowest BCUT2D eigenvalue weighted by atomic mass is 9.95. The Balaban J connectivity index is 1.37. The Hall–Kier alpha value is -4.54. The van der Waals surface area contributed by atoms with Gasteiger partial charge in [-0.25, -0.2) is 0 Å². The van der Waals surface area contributed by atoms with Gasteiger partial charge in [0.2, 0.25) is 5.13 Å². The molecule has 5 aromatic rings. The van der Waals surface area contributed by atoms with Gasteiger partial charge in [0.25, 0.3) is 5.78 Å². The molecule has 8 nitrogen and oxygen atoms in total. The minimum Gasteiger partial charge on any atom is -0.507 e. The molecule has 10 heteroatoms.